The number of rotatable bonds is 11. The summed E-state index contributed by atoms with van der Waals surface area (Å²) < 4.78 is 51.9. The maximum absolute atomic E-state index is 14.9. The standard InChI is InChI=1S/C32H29N2O5PS/c1-2-41(36,37)30-20-18-25(19-21-30)31-24-26(22-23-33-31)32(34-27-12-6-3-7-13-27)40(35,38-28-14-8-4-9-15-28)39-29-16-10-5-11-17-29/h3-24,32,34H,2H2,1H3. The van der Waals surface area contributed by atoms with Crippen molar-refractivity contribution in [2.45, 2.75) is 17.6 Å². The lowest BCUT2D eigenvalue weighted by molar-refractivity contribution is 0.376. The second-order valence-corrected chi connectivity index (χ2v) is 13.4. The molecule has 4 aromatic carbocycles. The van der Waals surface area contributed by atoms with Crippen molar-refractivity contribution in [3.05, 3.63) is 139 Å². The normalized spacial score (nSPS) is 12.3. The highest BCUT2D eigenvalue weighted by Gasteiger charge is 2.41. The zero-order chi connectivity index (χ0) is 28.7. The molecule has 208 valence electrons. The summed E-state index contributed by atoms with van der Waals surface area (Å²) in [6.45, 7) is 1.61. The lowest BCUT2D eigenvalue weighted by Gasteiger charge is -2.29. The van der Waals surface area contributed by atoms with Crippen molar-refractivity contribution in [3.63, 3.8) is 0 Å². The van der Waals surface area contributed by atoms with Gasteiger partial charge in [-0.3, -0.25) is 4.98 Å². The summed E-state index contributed by atoms with van der Waals surface area (Å²) >= 11 is 0. The largest absolute Gasteiger partial charge is 0.457 e. The van der Waals surface area contributed by atoms with Crippen LogP contribution in [-0.4, -0.2) is 19.2 Å². The Labute approximate surface area is 240 Å². The van der Waals surface area contributed by atoms with Crippen molar-refractivity contribution >= 4 is 23.1 Å². The maximum atomic E-state index is 14.9. The average molecular weight is 585 g/mol. The first-order valence-corrected chi connectivity index (χ1v) is 16.3. The number of para-hydroxylation sites is 3. The molecule has 0 saturated heterocycles. The number of nitrogens with zero attached hydrogens (tertiary/aromatic N) is 1. The first-order valence-electron chi connectivity index (χ1n) is 13.1. The van der Waals surface area contributed by atoms with Crippen LogP contribution < -0.4 is 14.4 Å². The number of anilines is 1. The van der Waals surface area contributed by atoms with E-state index in [4.69, 9.17) is 9.05 Å². The molecule has 41 heavy (non-hydrogen) atoms. The Hall–Kier alpha value is -4.39. The van der Waals surface area contributed by atoms with Gasteiger partial charge in [-0.1, -0.05) is 73.7 Å². The highest BCUT2D eigenvalue weighted by molar-refractivity contribution is 7.91. The van der Waals surface area contributed by atoms with Gasteiger partial charge in [-0.15, -0.1) is 0 Å². The molecule has 7 nitrogen and oxygen atoms in total. The van der Waals surface area contributed by atoms with Crippen LogP contribution >= 0.6 is 7.60 Å². The second-order valence-electron chi connectivity index (χ2n) is 9.16. The molecule has 0 fully saturated rings. The summed E-state index contributed by atoms with van der Waals surface area (Å²) in [4.78, 5) is 4.76. The zero-order valence-corrected chi connectivity index (χ0v) is 24.0. The lowest BCUT2D eigenvalue weighted by Crippen LogP contribution is -2.18. The van der Waals surface area contributed by atoms with E-state index in [0.29, 0.717) is 28.3 Å². The van der Waals surface area contributed by atoms with Gasteiger partial charge in [0.1, 0.15) is 11.5 Å². The van der Waals surface area contributed by atoms with Gasteiger partial charge in [-0.25, -0.2) is 13.0 Å². The predicted molar refractivity (Wildman–Crippen MR) is 162 cm³/mol. The van der Waals surface area contributed by atoms with E-state index in [1.165, 1.54) is 0 Å². The number of hydrogen-bond donors (Lipinski definition) is 1. The number of hydrogen-bond acceptors (Lipinski definition) is 7. The fraction of sp³-hybridized carbons (Fsp3) is 0.0938. The molecular formula is C32H29N2O5PS. The molecule has 1 unspecified atom stereocenters. The van der Waals surface area contributed by atoms with E-state index < -0.39 is 23.2 Å². The van der Waals surface area contributed by atoms with Gasteiger partial charge in [0.2, 0.25) is 0 Å². The molecular weight excluding hydrogens is 555 g/mol. The van der Waals surface area contributed by atoms with Crippen LogP contribution in [0.1, 0.15) is 18.3 Å². The number of nitrogens with one attached hydrogen (secondary N) is 1. The Morgan fingerprint density at radius 2 is 1.29 bits per heavy atom. The average Bonchev–Trinajstić information content (AvgIpc) is 3.01. The minimum absolute atomic E-state index is 0.0189. The van der Waals surface area contributed by atoms with Gasteiger partial charge in [0.25, 0.3) is 0 Å². The van der Waals surface area contributed by atoms with E-state index in [2.05, 4.69) is 10.3 Å². The van der Waals surface area contributed by atoms with Gasteiger partial charge in [0, 0.05) is 17.4 Å². The molecule has 0 radical (unpaired) electrons. The Balaban J connectivity index is 1.60. The molecule has 0 aliphatic rings. The SMILES string of the molecule is CCS(=O)(=O)c1ccc(-c2cc(C(Nc3ccccc3)P(=O)(Oc3ccccc3)Oc3ccccc3)ccn2)cc1. The molecule has 0 saturated carbocycles. The van der Waals surface area contributed by atoms with Crippen molar-refractivity contribution < 1.29 is 22.0 Å². The third-order valence-electron chi connectivity index (χ3n) is 6.33. The van der Waals surface area contributed by atoms with E-state index in [-0.39, 0.29) is 10.6 Å². The third kappa shape index (κ3) is 6.85. The number of aromatic nitrogens is 1. The van der Waals surface area contributed by atoms with Gasteiger partial charge in [0.15, 0.2) is 15.6 Å². The molecule has 1 atom stereocenters. The number of benzene rings is 4. The minimum atomic E-state index is -4.02. The Kier molecular flexibility index (Phi) is 8.53. The molecule has 9 heteroatoms. The fourth-order valence-corrected chi connectivity index (χ4v) is 6.99. The smallest absolute Gasteiger partial charge is 0.414 e. The quantitative estimate of drug-likeness (QED) is 0.157. The highest BCUT2D eigenvalue weighted by atomic mass is 32.2. The van der Waals surface area contributed by atoms with Crippen molar-refractivity contribution in [1.29, 1.82) is 0 Å². The Morgan fingerprint density at radius 1 is 0.756 bits per heavy atom. The summed E-state index contributed by atoms with van der Waals surface area (Å²) in [5, 5.41) is 3.37. The van der Waals surface area contributed by atoms with Crippen molar-refractivity contribution in [1.82, 2.24) is 4.98 Å². The first-order chi connectivity index (χ1) is 19.9. The Bertz CT molecular complexity index is 1690. The summed E-state index contributed by atoms with van der Waals surface area (Å²) in [6.07, 6.45) is 1.62. The predicted octanol–water partition coefficient (Wildman–Crippen LogP) is 8.00. The molecule has 5 rings (SSSR count). The minimum Gasteiger partial charge on any atom is -0.414 e. The van der Waals surface area contributed by atoms with Crippen LogP contribution in [0.15, 0.2) is 138 Å². The van der Waals surface area contributed by atoms with E-state index in [1.54, 1.807) is 98.0 Å². The topological polar surface area (TPSA) is 94.6 Å². The molecule has 0 bridgehead atoms. The van der Waals surface area contributed by atoms with Gasteiger partial charge >= 0.3 is 7.60 Å². The van der Waals surface area contributed by atoms with E-state index in [9.17, 15) is 13.0 Å². The van der Waals surface area contributed by atoms with Crippen molar-refractivity contribution in [3.8, 4) is 22.8 Å². The maximum Gasteiger partial charge on any atom is 0.457 e. The second kappa shape index (κ2) is 12.4. The molecule has 0 aliphatic carbocycles. The zero-order valence-electron chi connectivity index (χ0n) is 22.3. The summed E-state index contributed by atoms with van der Waals surface area (Å²) in [7, 11) is -7.36. The fourth-order valence-electron chi connectivity index (χ4n) is 4.19. The van der Waals surface area contributed by atoms with Gasteiger partial charge in [0.05, 0.1) is 16.3 Å². The van der Waals surface area contributed by atoms with Gasteiger partial charge in [-0.05, 0) is 66.2 Å². The molecule has 1 N–H and O–H groups in total. The Morgan fingerprint density at radius 3 is 1.83 bits per heavy atom. The van der Waals surface area contributed by atoms with Crippen LogP contribution in [0.2, 0.25) is 0 Å². The van der Waals surface area contributed by atoms with Crippen LogP contribution in [0.5, 0.6) is 11.5 Å². The molecule has 1 heterocycles. The summed E-state index contributed by atoms with van der Waals surface area (Å²) in [5.41, 5.74) is 2.62. The first kappa shape index (κ1) is 28.1. The van der Waals surface area contributed by atoms with Crippen LogP contribution in [0, 0.1) is 0 Å². The molecule has 0 amide bonds. The lowest BCUT2D eigenvalue weighted by atomic mass is 10.1. The summed E-state index contributed by atoms with van der Waals surface area (Å²) in [5.74, 6) is -0.126. The van der Waals surface area contributed by atoms with E-state index in [0.717, 1.165) is 5.69 Å². The molecule has 0 aliphatic heterocycles. The van der Waals surface area contributed by atoms with Crippen molar-refractivity contribution in [2.24, 2.45) is 0 Å². The molecule has 0 spiro atoms. The van der Waals surface area contributed by atoms with Gasteiger partial charge in [-0.2, -0.15) is 0 Å². The van der Waals surface area contributed by atoms with Crippen LogP contribution in [-0.2, 0) is 14.4 Å². The third-order valence-corrected chi connectivity index (χ3v) is 10.1. The number of sulfone groups is 1. The molecule has 1 aromatic heterocycles. The number of pyridine rings is 1. The van der Waals surface area contributed by atoms with Gasteiger partial charge < -0.3 is 14.4 Å². The van der Waals surface area contributed by atoms with E-state index in [1.807, 2.05) is 42.5 Å². The molecule has 5 aromatic rings. The van der Waals surface area contributed by atoms with Crippen LogP contribution in [0.4, 0.5) is 5.69 Å². The van der Waals surface area contributed by atoms with Crippen LogP contribution in [0.3, 0.4) is 0 Å². The van der Waals surface area contributed by atoms with Crippen LogP contribution in [0.25, 0.3) is 11.3 Å². The highest BCUT2D eigenvalue weighted by Crippen LogP contribution is 2.60. The van der Waals surface area contributed by atoms with E-state index >= 15 is 0 Å². The van der Waals surface area contributed by atoms with Crippen molar-refractivity contribution in [2.75, 3.05) is 11.1 Å². The summed E-state index contributed by atoms with van der Waals surface area (Å²) in [6, 6.07) is 37.4. The monoisotopic (exact) mass is 584 g/mol.